The van der Waals surface area contributed by atoms with E-state index in [-0.39, 0.29) is 18.0 Å². The lowest BCUT2D eigenvalue weighted by Gasteiger charge is -2.22. The summed E-state index contributed by atoms with van der Waals surface area (Å²) in [5.74, 6) is 1.53. The van der Waals surface area contributed by atoms with Crippen molar-refractivity contribution in [3.8, 4) is 5.97 Å². The fourth-order valence-electron chi connectivity index (χ4n) is 2.43. The highest BCUT2D eigenvalue weighted by Gasteiger charge is 2.27. The molecule has 4 N–H and O–H groups in total. The van der Waals surface area contributed by atoms with Crippen LogP contribution in [-0.2, 0) is 4.79 Å². The SMILES string of the molecule is Cc1ccc(C(=N)/C(C(N)=O)=C2/CB(C#N)CCN2)cc1Cl. The molecule has 22 heavy (non-hydrogen) atoms. The molecule has 1 aromatic rings. The van der Waals surface area contributed by atoms with Crippen molar-refractivity contribution >= 4 is 29.9 Å². The smallest absolute Gasteiger partial charge is 0.275 e. The van der Waals surface area contributed by atoms with Gasteiger partial charge in [-0.05, 0) is 31.2 Å². The third-order valence-corrected chi connectivity index (χ3v) is 4.13. The summed E-state index contributed by atoms with van der Waals surface area (Å²) in [6.45, 7) is 2.29. The van der Waals surface area contributed by atoms with Gasteiger partial charge in [0.15, 0.2) is 0 Å². The Bertz CT molecular complexity index is 708. The monoisotopic (exact) mass is 314 g/mol. The summed E-state index contributed by atoms with van der Waals surface area (Å²) >= 11 is 6.09. The highest BCUT2D eigenvalue weighted by atomic mass is 35.5. The number of allylic oxidation sites excluding steroid dienone is 1. The molecule has 2 rings (SSSR count). The van der Waals surface area contributed by atoms with E-state index in [0.29, 0.717) is 29.1 Å². The van der Waals surface area contributed by atoms with Gasteiger partial charge in [-0.15, -0.1) is 0 Å². The number of nitrogens with two attached hydrogens (primary N) is 1. The lowest BCUT2D eigenvalue weighted by Crippen LogP contribution is -2.35. The summed E-state index contributed by atoms with van der Waals surface area (Å²) < 4.78 is 0. The van der Waals surface area contributed by atoms with Crippen LogP contribution >= 0.6 is 11.6 Å². The predicted octanol–water partition coefficient (Wildman–Crippen LogP) is 1.92. The van der Waals surface area contributed by atoms with Gasteiger partial charge in [0.1, 0.15) is 0 Å². The van der Waals surface area contributed by atoms with Crippen LogP contribution in [0.2, 0.25) is 17.7 Å². The summed E-state index contributed by atoms with van der Waals surface area (Å²) in [6, 6.07) is 5.17. The normalized spacial score (nSPS) is 16.5. The van der Waals surface area contributed by atoms with Crippen molar-refractivity contribution in [1.29, 1.82) is 10.7 Å². The molecular formula is C15H16BClN4O. The number of aryl methyl sites for hydroxylation is 1. The summed E-state index contributed by atoms with van der Waals surface area (Å²) in [6.07, 6.45) is 1.12. The second-order valence-corrected chi connectivity index (χ2v) is 5.71. The van der Waals surface area contributed by atoms with Crippen LogP contribution in [0.25, 0.3) is 0 Å². The Morgan fingerprint density at radius 3 is 2.86 bits per heavy atom. The van der Waals surface area contributed by atoms with E-state index in [9.17, 15) is 4.79 Å². The first kappa shape index (κ1) is 16.1. The number of rotatable bonds is 3. The van der Waals surface area contributed by atoms with Crippen LogP contribution in [0.5, 0.6) is 0 Å². The number of hydrogen-bond donors (Lipinski definition) is 3. The highest BCUT2D eigenvalue weighted by Crippen LogP contribution is 2.22. The number of halogens is 1. The van der Waals surface area contributed by atoms with E-state index in [0.717, 1.165) is 11.9 Å². The summed E-state index contributed by atoms with van der Waals surface area (Å²) in [7, 11) is 0. The topological polar surface area (TPSA) is 103 Å². The van der Waals surface area contributed by atoms with E-state index in [1.165, 1.54) is 0 Å². The fourth-order valence-corrected chi connectivity index (χ4v) is 2.61. The van der Waals surface area contributed by atoms with Crippen molar-refractivity contribution in [2.24, 2.45) is 5.73 Å². The van der Waals surface area contributed by atoms with Crippen molar-refractivity contribution in [1.82, 2.24) is 5.32 Å². The molecule has 1 aromatic carbocycles. The highest BCUT2D eigenvalue weighted by molar-refractivity contribution is 6.67. The largest absolute Gasteiger partial charge is 0.389 e. The van der Waals surface area contributed by atoms with Crippen LogP contribution in [0.15, 0.2) is 29.5 Å². The van der Waals surface area contributed by atoms with Crippen molar-refractivity contribution in [3.63, 3.8) is 0 Å². The number of carbonyl (C=O) groups excluding carboxylic acids is 1. The third kappa shape index (κ3) is 3.31. The first-order chi connectivity index (χ1) is 10.4. The Labute approximate surface area is 134 Å². The van der Waals surface area contributed by atoms with Gasteiger partial charge in [-0.1, -0.05) is 23.7 Å². The zero-order valence-electron chi connectivity index (χ0n) is 12.2. The minimum atomic E-state index is -0.678. The molecule has 1 heterocycles. The first-order valence-corrected chi connectivity index (χ1v) is 7.33. The predicted molar refractivity (Wildman–Crippen MR) is 88.2 cm³/mol. The van der Waals surface area contributed by atoms with Gasteiger partial charge < -0.3 is 11.1 Å². The number of benzene rings is 1. The first-order valence-electron chi connectivity index (χ1n) is 6.96. The lowest BCUT2D eigenvalue weighted by molar-refractivity contribution is -0.114. The maximum atomic E-state index is 11.8. The molecule has 0 atom stereocenters. The van der Waals surface area contributed by atoms with Crippen LogP contribution in [-0.4, -0.2) is 24.9 Å². The quantitative estimate of drug-likeness (QED) is 0.451. The molecule has 1 amide bonds. The van der Waals surface area contributed by atoms with Crippen LogP contribution in [0.1, 0.15) is 11.1 Å². The number of amides is 1. The van der Waals surface area contributed by atoms with Crippen LogP contribution in [0.4, 0.5) is 0 Å². The van der Waals surface area contributed by atoms with Gasteiger partial charge in [0, 0.05) is 28.8 Å². The molecule has 112 valence electrons. The Kier molecular flexibility index (Phi) is 4.89. The zero-order chi connectivity index (χ0) is 16.3. The number of nitrogens with one attached hydrogen (secondary N) is 2. The van der Waals surface area contributed by atoms with Crippen molar-refractivity contribution in [3.05, 3.63) is 45.6 Å². The minimum Gasteiger partial charge on any atom is -0.389 e. The standard InChI is InChI=1S/C15H16BClN4O/c1-9-2-3-10(6-11(9)17)14(19)13(15(20)22)12-7-16(8-18)4-5-21-12/h2-3,6,19,21H,4-5,7H2,1H3,(H2,20,22)/b13-12+,19-14?. The number of nitriles is 1. The van der Waals surface area contributed by atoms with Gasteiger partial charge in [0.2, 0.25) is 0 Å². The fraction of sp³-hybridized carbons (Fsp3) is 0.267. The number of hydrogen-bond acceptors (Lipinski definition) is 4. The van der Waals surface area contributed by atoms with Gasteiger partial charge >= 0.3 is 0 Å². The average Bonchev–Trinajstić information content (AvgIpc) is 2.50. The molecule has 1 aliphatic rings. The molecule has 1 aliphatic heterocycles. The molecule has 5 nitrogen and oxygen atoms in total. The Balaban J connectivity index is 2.43. The number of carbonyl (C=O) groups is 1. The van der Waals surface area contributed by atoms with E-state index in [1.54, 1.807) is 18.2 Å². The Morgan fingerprint density at radius 1 is 1.55 bits per heavy atom. The average molecular weight is 315 g/mol. The maximum Gasteiger partial charge on any atom is 0.275 e. The maximum absolute atomic E-state index is 11.8. The molecule has 0 aliphatic carbocycles. The molecule has 0 spiro atoms. The van der Waals surface area contributed by atoms with Crippen LogP contribution in [0, 0.1) is 23.6 Å². The molecule has 0 saturated carbocycles. The molecule has 0 unspecified atom stereocenters. The van der Waals surface area contributed by atoms with E-state index < -0.39 is 5.91 Å². The van der Waals surface area contributed by atoms with Crippen molar-refractivity contribution in [2.75, 3.05) is 6.54 Å². The summed E-state index contributed by atoms with van der Waals surface area (Å²) in [5.41, 5.74) is 7.60. The molecule has 0 aromatic heterocycles. The molecular weight excluding hydrogens is 298 g/mol. The van der Waals surface area contributed by atoms with Gasteiger partial charge in [-0.2, -0.15) is 0 Å². The molecule has 0 radical (unpaired) electrons. The second kappa shape index (κ2) is 6.67. The number of nitrogens with zero attached hydrogens (tertiary/aromatic N) is 1. The van der Waals surface area contributed by atoms with E-state index in [1.807, 2.05) is 6.92 Å². The van der Waals surface area contributed by atoms with E-state index in [4.69, 9.17) is 28.0 Å². The zero-order valence-corrected chi connectivity index (χ0v) is 13.0. The van der Waals surface area contributed by atoms with Gasteiger partial charge in [0.25, 0.3) is 12.6 Å². The van der Waals surface area contributed by atoms with Crippen LogP contribution < -0.4 is 11.1 Å². The third-order valence-electron chi connectivity index (χ3n) is 3.72. The van der Waals surface area contributed by atoms with Gasteiger partial charge in [0.05, 0.1) is 11.3 Å². The van der Waals surface area contributed by atoms with Crippen molar-refractivity contribution < 1.29 is 4.79 Å². The molecule has 1 fully saturated rings. The lowest BCUT2D eigenvalue weighted by atomic mass is 9.44. The Hall–Kier alpha value is -2.26. The van der Waals surface area contributed by atoms with E-state index >= 15 is 0 Å². The molecule has 1 saturated heterocycles. The Morgan fingerprint density at radius 2 is 2.27 bits per heavy atom. The second-order valence-electron chi connectivity index (χ2n) is 5.30. The number of primary amides is 1. The minimum absolute atomic E-state index is 0.0236. The summed E-state index contributed by atoms with van der Waals surface area (Å²) in [5, 5.41) is 21.0. The van der Waals surface area contributed by atoms with E-state index in [2.05, 4.69) is 11.3 Å². The van der Waals surface area contributed by atoms with Crippen LogP contribution in [0.3, 0.4) is 0 Å². The van der Waals surface area contributed by atoms with Gasteiger partial charge in [-0.3, -0.25) is 10.2 Å². The van der Waals surface area contributed by atoms with Gasteiger partial charge in [-0.25, -0.2) is 5.26 Å². The molecule has 7 heteroatoms. The summed E-state index contributed by atoms with van der Waals surface area (Å²) in [4.78, 5) is 11.8. The van der Waals surface area contributed by atoms with Crippen molar-refractivity contribution in [2.45, 2.75) is 19.6 Å². The molecule has 0 bridgehead atoms.